The zero-order chi connectivity index (χ0) is 28.1. The minimum absolute atomic E-state index is 0.0798. The Balaban J connectivity index is 2.41. The molecule has 3 N–H and O–H groups in total. The van der Waals surface area contributed by atoms with Crippen LogP contribution in [-0.4, -0.2) is 64.7 Å². The maximum Gasteiger partial charge on any atom is 0.408 e. The van der Waals surface area contributed by atoms with Crippen molar-refractivity contribution in [3.8, 4) is 0 Å². The third kappa shape index (κ3) is 10.0. The highest BCUT2D eigenvalue weighted by atomic mass is 32.2. The number of carbonyl (C=O) groups is 3. The van der Waals surface area contributed by atoms with Crippen LogP contribution in [0.3, 0.4) is 0 Å². The van der Waals surface area contributed by atoms with E-state index >= 15 is 0 Å². The standard InChI is InChI=1S/C29H41N3O5S/c1-6-21-12-14-23(15-13-21)25(26(34)30-20-22-10-8-7-9-11-22)32(17-18-33)27(35)24(16-19-38-5)31-28(36)37-29(2,3)4/h7-15,24-25,33H,6,16-20H2,1-5H3,(H,30,34)(H,31,36). The molecule has 0 saturated carbocycles. The molecule has 208 valence electrons. The molecule has 0 bridgehead atoms. The van der Waals surface area contributed by atoms with Crippen LogP contribution in [0, 0.1) is 0 Å². The van der Waals surface area contributed by atoms with Gasteiger partial charge in [0.15, 0.2) is 0 Å². The van der Waals surface area contributed by atoms with Gasteiger partial charge in [-0.3, -0.25) is 9.59 Å². The average Bonchev–Trinajstić information content (AvgIpc) is 2.89. The number of nitrogens with zero attached hydrogens (tertiary/aromatic N) is 1. The molecule has 9 heteroatoms. The molecule has 0 heterocycles. The van der Waals surface area contributed by atoms with Gasteiger partial charge < -0.3 is 25.4 Å². The topological polar surface area (TPSA) is 108 Å². The summed E-state index contributed by atoms with van der Waals surface area (Å²) < 4.78 is 5.39. The van der Waals surface area contributed by atoms with Gasteiger partial charge in [-0.15, -0.1) is 0 Å². The molecule has 38 heavy (non-hydrogen) atoms. The van der Waals surface area contributed by atoms with Gasteiger partial charge in [-0.1, -0.05) is 61.5 Å². The van der Waals surface area contributed by atoms with E-state index in [1.807, 2.05) is 67.8 Å². The van der Waals surface area contributed by atoms with Gasteiger partial charge in [0.05, 0.1) is 6.61 Å². The fraction of sp³-hybridized carbons (Fsp3) is 0.483. The molecule has 0 aromatic heterocycles. The first kappa shape index (κ1) is 31.2. The molecule has 0 radical (unpaired) electrons. The molecule has 0 saturated heterocycles. The second kappa shape index (κ2) is 15.4. The van der Waals surface area contributed by atoms with Crippen molar-refractivity contribution in [3.05, 3.63) is 71.3 Å². The summed E-state index contributed by atoms with van der Waals surface area (Å²) in [6.07, 6.45) is 2.38. The molecule has 3 amide bonds. The predicted octanol–water partition coefficient (Wildman–Crippen LogP) is 4.07. The van der Waals surface area contributed by atoms with E-state index in [2.05, 4.69) is 10.6 Å². The maximum atomic E-state index is 13.9. The SMILES string of the molecule is CCc1ccc(C(C(=O)NCc2ccccc2)N(CCO)C(=O)C(CCSC)NC(=O)OC(C)(C)C)cc1. The van der Waals surface area contributed by atoms with Crippen molar-refractivity contribution in [3.63, 3.8) is 0 Å². The molecular formula is C29H41N3O5S. The molecule has 0 aliphatic heterocycles. The number of hydrogen-bond donors (Lipinski definition) is 3. The van der Waals surface area contributed by atoms with E-state index in [1.165, 1.54) is 4.90 Å². The molecule has 0 spiro atoms. The zero-order valence-corrected chi connectivity index (χ0v) is 23.8. The van der Waals surface area contributed by atoms with Crippen molar-refractivity contribution in [2.45, 2.75) is 64.8 Å². The third-order valence-electron chi connectivity index (χ3n) is 5.80. The van der Waals surface area contributed by atoms with Crippen LogP contribution in [0.4, 0.5) is 4.79 Å². The Morgan fingerprint density at radius 3 is 2.24 bits per heavy atom. The fourth-order valence-electron chi connectivity index (χ4n) is 3.91. The number of hydrogen-bond acceptors (Lipinski definition) is 6. The van der Waals surface area contributed by atoms with Gasteiger partial charge in [0.1, 0.15) is 17.7 Å². The second-order valence-corrected chi connectivity index (χ2v) is 10.9. The summed E-state index contributed by atoms with van der Waals surface area (Å²) in [4.78, 5) is 41.5. The molecule has 0 aliphatic rings. The van der Waals surface area contributed by atoms with Crippen molar-refractivity contribution in [2.75, 3.05) is 25.2 Å². The number of alkyl carbamates (subject to hydrolysis) is 1. The Morgan fingerprint density at radius 2 is 1.68 bits per heavy atom. The number of carbonyl (C=O) groups excluding carboxylic acids is 3. The minimum Gasteiger partial charge on any atom is -0.444 e. The van der Waals surface area contributed by atoms with Crippen molar-refractivity contribution in [1.29, 1.82) is 0 Å². The fourth-order valence-corrected chi connectivity index (χ4v) is 4.38. The lowest BCUT2D eigenvalue weighted by atomic mass is 10.00. The van der Waals surface area contributed by atoms with E-state index in [0.29, 0.717) is 17.7 Å². The van der Waals surface area contributed by atoms with Gasteiger partial charge in [-0.25, -0.2) is 4.79 Å². The predicted molar refractivity (Wildman–Crippen MR) is 152 cm³/mol. The Bertz CT molecular complexity index is 1020. The largest absolute Gasteiger partial charge is 0.444 e. The van der Waals surface area contributed by atoms with Crippen LogP contribution in [0.25, 0.3) is 0 Å². The Kier molecular flexibility index (Phi) is 12.6. The lowest BCUT2D eigenvalue weighted by Crippen LogP contribution is -2.53. The summed E-state index contributed by atoms with van der Waals surface area (Å²) in [7, 11) is 0. The van der Waals surface area contributed by atoms with Crippen LogP contribution in [0.15, 0.2) is 54.6 Å². The highest BCUT2D eigenvalue weighted by Crippen LogP contribution is 2.24. The number of aliphatic hydroxyl groups excluding tert-OH is 1. The van der Waals surface area contributed by atoms with Crippen molar-refractivity contribution in [2.24, 2.45) is 0 Å². The normalized spacial score (nSPS) is 12.8. The summed E-state index contributed by atoms with van der Waals surface area (Å²) in [5, 5.41) is 15.5. The summed E-state index contributed by atoms with van der Waals surface area (Å²) in [6, 6.07) is 15.1. The summed E-state index contributed by atoms with van der Waals surface area (Å²) in [5.74, 6) is -0.228. The molecule has 2 rings (SSSR count). The van der Waals surface area contributed by atoms with Gasteiger partial charge in [-0.2, -0.15) is 11.8 Å². The van der Waals surface area contributed by atoms with Crippen LogP contribution >= 0.6 is 11.8 Å². The number of aliphatic hydroxyl groups is 1. The lowest BCUT2D eigenvalue weighted by Gasteiger charge is -2.34. The van der Waals surface area contributed by atoms with Gasteiger partial charge >= 0.3 is 6.09 Å². The van der Waals surface area contributed by atoms with Crippen LogP contribution in [0.2, 0.25) is 0 Å². The van der Waals surface area contributed by atoms with Crippen molar-refractivity contribution < 1.29 is 24.2 Å². The van der Waals surface area contributed by atoms with Crippen LogP contribution in [0.1, 0.15) is 56.8 Å². The minimum atomic E-state index is -0.999. The molecule has 2 aromatic carbocycles. The molecular weight excluding hydrogens is 502 g/mol. The van der Waals surface area contributed by atoms with E-state index < -0.39 is 29.7 Å². The van der Waals surface area contributed by atoms with E-state index in [0.717, 1.165) is 17.5 Å². The van der Waals surface area contributed by atoms with Gasteiger partial charge in [0, 0.05) is 13.1 Å². The Hall–Kier alpha value is -3.04. The van der Waals surface area contributed by atoms with Crippen LogP contribution in [0.5, 0.6) is 0 Å². The quantitative estimate of drug-likeness (QED) is 0.352. The number of rotatable bonds is 13. The highest BCUT2D eigenvalue weighted by molar-refractivity contribution is 7.98. The molecule has 2 aromatic rings. The summed E-state index contributed by atoms with van der Waals surface area (Å²) in [6.45, 7) is 7.14. The van der Waals surface area contributed by atoms with E-state index in [1.54, 1.807) is 32.5 Å². The highest BCUT2D eigenvalue weighted by Gasteiger charge is 2.35. The van der Waals surface area contributed by atoms with Crippen molar-refractivity contribution >= 4 is 29.7 Å². The van der Waals surface area contributed by atoms with Gasteiger partial charge in [0.25, 0.3) is 0 Å². The monoisotopic (exact) mass is 543 g/mol. The van der Waals surface area contributed by atoms with Gasteiger partial charge in [-0.05, 0) is 62.3 Å². The zero-order valence-electron chi connectivity index (χ0n) is 23.0. The molecule has 2 unspecified atom stereocenters. The van der Waals surface area contributed by atoms with E-state index in [4.69, 9.17) is 4.74 Å². The number of ether oxygens (including phenoxy) is 1. The molecule has 0 fully saturated rings. The third-order valence-corrected chi connectivity index (χ3v) is 6.44. The number of thioether (sulfide) groups is 1. The van der Waals surface area contributed by atoms with Crippen molar-refractivity contribution in [1.82, 2.24) is 15.5 Å². The number of nitrogens with one attached hydrogen (secondary N) is 2. The smallest absolute Gasteiger partial charge is 0.408 e. The average molecular weight is 544 g/mol. The molecule has 0 aliphatic carbocycles. The number of amides is 3. The number of benzene rings is 2. The summed E-state index contributed by atoms with van der Waals surface area (Å²) in [5.41, 5.74) is 1.91. The summed E-state index contributed by atoms with van der Waals surface area (Å²) >= 11 is 1.54. The first-order chi connectivity index (χ1) is 18.1. The lowest BCUT2D eigenvalue weighted by molar-refractivity contribution is -0.143. The van der Waals surface area contributed by atoms with Gasteiger partial charge in [0.2, 0.25) is 11.8 Å². The first-order valence-electron chi connectivity index (χ1n) is 12.9. The maximum absolute atomic E-state index is 13.9. The Labute approximate surface area is 230 Å². The molecule has 8 nitrogen and oxygen atoms in total. The van der Waals surface area contributed by atoms with Crippen LogP contribution in [-0.2, 0) is 27.3 Å². The number of aryl methyl sites for hydroxylation is 1. The second-order valence-electron chi connectivity index (χ2n) is 9.94. The van der Waals surface area contributed by atoms with E-state index in [9.17, 15) is 19.5 Å². The van der Waals surface area contributed by atoms with E-state index in [-0.39, 0.29) is 25.6 Å². The Morgan fingerprint density at radius 1 is 1.03 bits per heavy atom. The molecule has 2 atom stereocenters. The first-order valence-corrected chi connectivity index (χ1v) is 14.3. The van der Waals surface area contributed by atoms with Crippen LogP contribution < -0.4 is 10.6 Å².